The fourth-order valence-corrected chi connectivity index (χ4v) is 0.531. The summed E-state index contributed by atoms with van der Waals surface area (Å²) in [6.45, 7) is 4.13. The number of ether oxygens (including phenoxy) is 1. The van der Waals surface area contributed by atoms with Crippen molar-refractivity contribution in [3.8, 4) is 12.1 Å². The number of hydrogen-bond donors (Lipinski definition) is 0. The van der Waals surface area contributed by atoms with Crippen molar-refractivity contribution in [2.24, 2.45) is 0 Å². The van der Waals surface area contributed by atoms with Crippen molar-refractivity contribution in [3.05, 3.63) is 23.5 Å². The SMILES string of the molecule is CCO/C=C/C(C)=C(C#N)C#N. The third kappa shape index (κ3) is 3.43. The summed E-state index contributed by atoms with van der Waals surface area (Å²) >= 11 is 0. The van der Waals surface area contributed by atoms with Crippen molar-refractivity contribution in [3.63, 3.8) is 0 Å². The fourth-order valence-electron chi connectivity index (χ4n) is 0.531. The highest BCUT2D eigenvalue weighted by molar-refractivity contribution is 5.43. The lowest BCUT2D eigenvalue weighted by molar-refractivity contribution is 0.269. The summed E-state index contributed by atoms with van der Waals surface area (Å²) in [5, 5.41) is 16.9. The molecule has 0 aromatic rings. The van der Waals surface area contributed by atoms with E-state index in [1.54, 1.807) is 25.1 Å². The molecule has 0 atom stereocenters. The zero-order chi connectivity index (χ0) is 9.40. The second-order valence-corrected chi connectivity index (χ2v) is 2.04. The van der Waals surface area contributed by atoms with Crippen molar-refractivity contribution in [2.75, 3.05) is 6.61 Å². The van der Waals surface area contributed by atoms with Crippen LogP contribution in [-0.4, -0.2) is 6.61 Å². The molecule has 0 heterocycles. The molecule has 0 bridgehead atoms. The van der Waals surface area contributed by atoms with E-state index in [9.17, 15) is 0 Å². The Morgan fingerprint density at radius 3 is 2.42 bits per heavy atom. The quantitative estimate of drug-likeness (QED) is 0.362. The minimum Gasteiger partial charge on any atom is -0.501 e. The summed E-state index contributed by atoms with van der Waals surface area (Å²) in [4.78, 5) is 0. The van der Waals surface area contributed by atoms with E-state index < -0.39 is 0 Å². The molecule has 0 aromatic heterocycles. The highest BCUT2D eigenvalue weighted by Gasteiger charge is 1.95. The number of nitriles is 2. The smallest absolute Gasteiger partial charge is 0.132 e. The average Bonchev–Trinajstić information content (AvgIpc) is 2.07. The zero-order valence-corrected chi connectivity index (χ0v) is 7.16. The van der Waals surface area contributed by atoms with Gasteiger partial charge >= 0.3 is 0 Å². The Kier molecular flexibility index (Phi) is 5.13. The maximum atomic E-state index is 8.45. The first-order valence-corrected chi connectivity index (χ1v) is 3.55. The van der Waals surface area contributed by atoms with E-state index >= 15 is 0 Å². The Labute approximate surface area is 72.2 Å². The van der Waals surface area contributed by atoms with E-state index in [4.69, 9.17) is 15.3 Å². The van der Waals surface area contributed by atoms with Crippen molar-refractivity contribution < 1.29 is 4.74 Å². The van der Waals surface area contributed by atoms with E-state index in [0.717, 1.165) is 0 Å². The van der Waals surface area contributed by atoms with Gasteiger partial charge in [-0.2, -0.15) is 10.5 Å². The van der Waals surface area contributed by atoms with Crippen LogP contribution in [0, 0.1) is 22.7 Å². The van der Waals surface area contributed by atoms with E-state index in [-0.39, 0.29) is 5.57 Å². The van der Waals surface area contributed by atoms with Gasteiger partial charge in [-0.05, 0) is 25.5 Å². The third-order valence-corrected chi connectivity index (χ3v) is 1.20. The molecule has 0 aliphatic carbocycles. The molecule has 0 saturated heterocycles. The van der Waals surface area contributed by atoms with Crippen LogP contribution in [0.1, 0.15) is 13.8 Å². The molecule has 0 unspecified atom stereocenters. The lowest BCUT2D eigenvalue weighted by atomic mass is 10.2. The van der Waals surface area contributed by atoms with E-state index in [1.807, 2.05) is 6.92 Å². The van der Waals surface area contributed by atoms with Gasteiger partial charge in [-0.15, -0.1) is 0 Å². The average molecular weight is 162 g/mol. The molecule has 0 rings (SSSR count). The second kappa shape index (κ2) is 6.00. The molecule has 0 aliphatic heterocycles. The maximum Gasteiger partial charge on any atom is 0.132 e. The highest BCUT2D eigenvalue weighted by atomic mass is 16.5. The van der Waals surface area contributed by atoms with Gasteiger partial charge in [-0.1, -0.05) is 0 Å². The molecule has 0 fully saturated rings. The molecule has 3 nitrogen and oxygen atoms in total. The lowest BCUT2D eigenvalue weighted by Crippen LogP contribution is -1.81. The minimum atomic E-state index is 0.117. The Morgan fingerprint density at radius 1 is 1.42 bits per heavy atom. The third-order valence-electron chi connectivity index (χ3n) is 1.20. The normalized spacial score (nSPS) is 8.67. The van der Waals surface area contributed by atoms with E-state index in [2.05, 4.69) is 0 Å². The van der Waals surface area contributed by atoms with Crippen molar-refractivity contribution in [1.82, 2.24) is 0 Å². The van der Waals surface area contributed by atoms with Gasteiger partial charge in [-0.3, -0.25) is 0 Å². The first-order valence-electron chi connectivity index (χ1n) is 3.55. The summed E-state index contributed by atoms with van der Waals surface area (Å²) in [5.41, 5.74) is 0.736. The summed E-state index contributed by atoms with van der Waals surface area (Å²) in [6.07, 6.45) is 3.08. The molecule has 62 valence electrons. The Bertz CT molecular complexity index is 260. The van der Waals surface area contributed by atoms with Crippen LogP contribution in [-0.2, 0) is 4.74 Å². The van der Waals surface area contributed by atoms with Gasteiger partial charge in [0.15, 0.2) is 0 Å². The lowest BCUT2D eigenvalue weighted by Gasteiger charge is -1.92. The minimum absolute atomic E-state index is 0.117. The van der Waals surface area contributed by atoms with Crippen LogP contribution in [0.5, 0.6) is 0 Å². The van der Waals surface area contributed by atoms with Crippen LogP contribution in [0.2, 0.25) is 0 Å². The molecule has 3 heteroatoms. The van der Waals surface area contributed by atoms with Crippen molar-refractivity contribution in [2.45, 2.75) is 13.8 Å². The van der Waals surface area contributed by atoms with Gasteiger partial charge < -0.3 is 4.74 Å². The number of allylic oxidation sites excluding steroid dienone is 3. The topological polar surface area (TPSA) is 56.8 Å². The molecular formula is C9H10N2O. The Hall–Kier alpha value is -1.74. The largest absolute Gasteiger partial charge is 0.501 e. The fraction of sp³-hybridized carbons (Fsp3) is 0.333. The molecule has 0 radical (unpaired) electrons. The van der Waals surface area contributed by atoms with Gasteiger partial charge in [0.1, 0.15) is 17.7 Å². The highest BCUT2D eigenvalue weighted by Crippen LogP contribution is 2.02. The van der Waals surface area contributed by atoms with Gasteiger partial charge in [0.2, 0.25) is 0 Å². The van der Waals surface area contributed by atoms with Gasteiger partial charge in [0.25, 0.3) is 0 Å². The molecule has 0 saturated carbocycles. The molecule has 0 N–H and O–H groups in total. The maximum absolute atomic E-state index is 8.45. The van der Waals surface area contributed by atoms with Crippen molar-refractivity contribution in [1.29, 1.82) is 10.5 Å². The second-order valence-electron chi connectivity index (χ2n) is 2.04. The van der Waals surface area contributed by atoms with Gasteiger partial charge in [0.05, 0.1) is 12.9 Å². The first-order chi connectivity index (χ1) is 5.76. The van der Waals surface area contributed by atoms with E-state index in [1.165, 1.54) is 6.26 Å². The van der Waals surface area contributed by atoms with Crippen LogP contribution >= 0.6 is 0 Å². The molecule has 0 amide bonds. The summed E-state index contributed by atoms with van der Waals surface area (Å²) in [6, 6.07) is 3.58. The van der Waals surface area contributed by atoms with Crippen LogP contribution in [0.15, 0.2) is 23.5 Å². The Morgan fingerprint density at radius 2 is 2.00 bits per heavy atom. The molecule has 0 aliphatic rings. The summed E-state index contributed by atoms with van der Waals surface area (Å²) in [5.74, 6) is 0. The first kappa shape index (κ1) is 10.3. The molecule has 0 aromatic carbocycles. The number of rotatable bonds is 3. The van der Waals surface area contributed by atoms with Crippen LogP contribution in [0.4, 0.5) is 0 Å². The van der Waals surface area contributed by atoms with Gasteiger partial charge in [0, 0.05) is 0 Å². The Balaban J connectivity index is 4.39. The van der Waals surface area contributed by atoms with Crippen molar-refractivity contribution >= 4 is 0 Å². The predicted octanol–water partition coefficient (Wildman–Crippen LogP) is 1.90. The van der Waals surface area contributed by atoms with Gasteiger partial charge in [-0.25, -0.2) is 0 Å². The summed E-state index contributed by atoms with van der Waals surface area (Å²) in [7, 11) is 0. The predicted molar refractivity (Wildman–Crippen MR) is 44.7 cm³/mol. The van der Waals surface area contributed by atoms with Crippen LogP contribution in [0.25, 0.3) is 0 Å². The van der Waals surface area contributed by atoms with Crippen LogP contribution in [0.3, 0.4) is 0 Å². The monoisotopic (exact) mass is 162 g/mol. The summed E-state index contributed by atoms with van der Waals surface area (Å²) < 4.78 is 4.91. The molecule has 0 spiro atoms. The molecular weight excluding hydrogens is 152 g/mol. The van der Waals surface area contributed by atoms with E-state index in [0.29, 0.717) is 12.2 Å². The zero-order valence-electron chi connectivity index (χ0n) is 7.16. The number of nitrogens with zero attached hydrogens (tertiary/aromatic N) is 2. The van der Waals surface area contributed by atoms with Crippen LogP contribution < -0.4 is 0 Å². The molecule has 12 heavy (non-hydrogen) atoms. The number of hydrogen-bond acceptors (Lipinski definition) is 3. The standard InChI is InChI=1S/C9H10N2O/c1-3-12-5-4-8(2)9(6-10)7-11/h4-5H,3H2,1-2H3/b5-4+.